The minimum absolute atomic E-state index is 0.0722. The second-order valence-corrected chi connectivity index (χ2v) is 7.09. The van der Waals surface area contributed by atoms with Gasteiger partial charge in [-0.05, 0) is 42.7 Å². The summed E-state index contributed by atoms with van der Waals surface area (Å²) in [6.07, 6.45) is 4.18. The molecule has 3 unspecified atom stereocenters. The van der Waals surface area contributed by atoms with E-state index in [0.717, 1.165) is 47.5 Å². The van der Waals surface area contributed by atoms with Crippen molar-refractivity contribution >= 4 is 5.69 Å². The van der Waals surface area contributed by atoms with Gasteiger partial charge in [0, 0.05) is 29.2 Å². The minimum atomic E-state index is -0.389. The van der Waals surface area contributed by atoms with E-state index in [0.29, 0.717) is 0 Å². The number of nitrogens with zero attached hydrogens (tertiary/aromatic N) is 1. The number of hydrogen-bond acceptors (Lipinski definition) is 5. The number of ether oxygens (including phenoxy) is 3. The molecule has 1 aliphatic carbocycles. The van der Waals surface area contributed by atoms with Crippen LogP contribution in [0.5, 0.6) is 11.5 Å². The highest BCUT2D eigenvalue weighted by Crippen LogP contribution is 2.52. The van der Waals surface area contributed by atoms with Crippen LogP contribution in [0, 0.1) is 10.1 Å². The van der Waals surface area contributed by atoms with Gasteiger partial charge in [-0.3, -0.25) is 10.1 Å². The Labute approximate surface area is 158 Å². The Bertz CT molecular complexity index is 848. The first kappa shape index (κ1) is 17.8. The number of benzene rings is 2. The number of methoxy groups -OCH3 is 2. The van der Waals surface area contributed by atoms with E-state index < -0.39 is 0 Å². The molecule has 1 heterocycles. The van der Waals surface area contributed by atoms with Gasteiger partial charge in [-0.15, -0.1) is 0 Å². The second kappa shape index (κ2) is 7.19. The molecule has 2 aromatic rings. The Hall–Kier alpha value is -2.60. The number of hydrogen-bond donors (Lipinski definition) is 0. The zero-order valence-electron chi connectivity index (χ0n) is 15.5. The monoisotopic (exact) mass is 369 g/mol. The van der Waals surface area contributed by atoms with Crippen molar-refractivity contribution in [3.8, 4) is 11.5 Å². The van der Waals surface area contributed by atoms with Gasteiger partial charge in [-0.1, -0.05) is 12.8 Å². The van der Waals surface area contributed by atoms with Crippen LogP contribution >= 0.6 is 0 Å². The molecule has 2 aliphatic rings. The Morgan fingerprint density at radius 2 is 1.59 bits per heavy atom. The molecular formula is C21H23NO5. The quantitative estimate of drug-likeness (QED) is 0.574. The molecule has 0 spiro atoms. The molecule has 1 saturated carbocycles. The average Bonchev–Trinajstić information content (AvgIpc) is 2.72. The molecule has 0 N–H and O–H groups in total. The number of rotatable bonds is 4. The van der Waals surface area contributed by atoms with Crippen molar-refractivity contribution in [2.24, 2.45) is 0 Å². The SMILES string of the molecule is COc1ccc(OC)c2c1C(c1ccc([N+](=O)[O-])cc1)OC1CCCCC21. The lowest BCUT2D eigenvalue weighted by Crippen LogP contribution is -2.34. The van der Waals surface area contributed by atoms with E-state index in [1.165, 1.54) is 18.6 Å². The smallest absolute Gasteiger partial charge is 0.269 e. The molecule has 4 rings (SSSR count). The van der Waals surface area contributed by atoms with Crippen LogP contribution < -0.4 is 9.47 Å². The van der Waals surface area contributed by atoms with Crippen molar-refractivity contribution < 1.29 is 19.1 Å². The topological polar surface area (TPSA) is 70.8 Å². The van der Waals surface area contributed by atoms with E-state index in [1.54, 1.807) is 26.4 Å². The number of nitro groups is 1. The summed E-state index contributed by atoms with van der Waals surface area (Å²) in [5.74, 6) is 1.91. The zero-order valence-corrected chi connectivity index (χ0v) is 15.5. The van der Waals surface area contributed by atoms with Crippen molar-refractivity contribution in [1.82, 2.24) is 0 Å². The van der Waals surface area contributed by atoms with E-state index in [4.69, 9.17) is 14.2 Å². The molecule has 1 aliphatic heterocycles. The van der Waals surface area contributed by atoms with Crippen LogP contribution in [0.1, 0.15) is 54.4 Å². The third kappa shape index (κ3) is 3.04. The fraction of sp³-hybridized carbons (Fsp3) is 0.429. The van der Waals surface area contributed by atoms with Crippen molar-refractivity contribution in [1.29, 1.82) is 0 Å². The number of fused-ring (bicyclic) bond motifs is 3. The van der Waals surface area contributed by atoms with Crippen molar-refractivity contribution in [3.05, 3.63) is 63.2 Å². The van der Waals surface area contributed by atoms with Crippen LogP contribution in [0.3, 0.4) is 0 Å². The lowest BCUT2D eigenvalue weighted by Gasteiger charge is -2.42. The van der Waals surface area contributed by atoms with E-state index in [-0.39, 0.29) is 28.7 Å². The molecule has 0 bridgehead atoms. The summed E-state index contributed by atoms with van der Waals surface area (Å²) < 4.78 is 17.9. The lowest BCUT2D eigenvalue weighted by atomic mass is 9.75. The van der Waals surface area contributed by atoms with Crippen LogP contribution in [0.15, 0.2) is 36.4 Å². The highest BCUT2D eigenvalue weighted by atomic mass is 16.6. The first-order chi connectivity index (χ1) is 13.1. The van der Waals surface area contributed by atoms with Crippen LogP contribution in [-0.4, -0.2) is 25.2 Å². The van der Waals surface area contributed by atoms with Crippen molar-refractivity contribution in [2.75, 3.05) is 14.2 Å². The summed E-state index contributed by atoms with van der Waals surface area (Å²) in [7, 11) is 3.35. The van der Waals surface area contributed by atoms with Gasteiger partial charge in [-0.25, -0.2) is 0 Å². The normalized spacial score (nSPS) is 23.9. The second-order valence-electron chi connectivity index (χ2n) is 7.09. The summed E-state index contributed by atoms with van der Waals surface area (Å²) in [6, 6.07) is 10.5. The molecular weight excluding hydrogens is 346 g/mol. The summed E-state index contributed by atoms with van der Waals surface area (Å²) in [4.78, 5) is 10.6. The van der Waals surface area contributed by atoms with Gasteiger partial charge >= 0.3 is 0 Å². The molecule has 6 heteroatoms. The molecule has 3 atom stereocenters. The molecule has 27 heavy (non-hydrogen) atoms. The average molecular weight is 369 g/mol. The van der Waals surface area contributed by atoms with Crippen LogP contribution in [-0.2, 0) is 4.74 Å². The van der Waals surface area contributed by atoms with E-state index in [2.05, 4.69) is 0 Å². The van der Waals surface area contributed by atoms with Gasteiger partial charge in [0.05, 0.1) is 25.2 Å². The van der Waals surface area contributed by atoms with Gasteiger partial charge < -0.3 is 14.2 Å². The maximum atomic E-state index is 11.0. The highest BCUT2D eigenvalue weighted by Gasteiger charge is 2.41. The maximum absolute atomic E-state index is 11.0. The third-order valence-corrected chi connectivity index (χ3v) is 5.70. The molecule has 0 radical (unpaired) electrons. The van der Waals surface area contributed by atoms with Gasteiger partial charge in [-0.2, -0.15) is 0 Å². The van der Waals surface area contributed by atoms with Gasteiger partial charge in [0.15, 0.2) is 0 Å². The number of non-ortho nitro benzene ring substituents is 1. The van der Waals surface area contributed by atoms with Crippen LogP contribution in [0.4, 0.5) is 5.69 Å². The summed E-state index contributed by atoms with van der Waals surface area (Å²) in [5, 5.41) is 11.0. The predicted octanol–water partition coefficient (Wildman–Crippen LogP) is 4.76. The van der Waals surface area contributed by atoms with Gasteiger partial charge in [0.1, 0.15) is 17.6 Å². The Morgan fingerprint density at radius 1 is 0.963 bits per heavy atom. The fourth-order valence-corrected chi connectivity index (χ4v) is 4.45. The fourth-order valence-electron chi connectivity index (χ4n) is 4.45. The molecule has 0 saturated heterocycles. The van der Waals surface area contributed by atoms with Crippen LogP contribution in [0.25, 0.3) is 0 Å². The van der Waals surface area contributed by atoms with Gasteiger partial charge in [0.25, 0.3) is 5.69 Å². The molecule has 2 aromatic carbocycles. The summed E-state index contributed by atoms with van der Waals surface area (Å²) >= 11 is 0. The molecule has 0 amide bonds. The first-order valence-corrected chi connectivity index (χ1v) is 9.28. The molecule has 1 fully saturated rings. The molecule has 6 nitrogen and oxygen atoms in total. The Morgan fingerprint density at radius 3 is 2.22 bits per heavy atom. The Balaban J connectivity index is 1.87. The zero-order chi connectivity index (χ0) is 19.0. The third-order valence-electron chi connectivity index (χ3n) is 5.70. The molecule has 0 aromatic heterocycles. The number of nitro benzene ring substituents is 1. The predicted molar refractivity (Wildman–Crippen MR) is 101 cm³/mol. The molecule has 142 valence electrons. The largest absolute Gasteiger partial charge is 0.496 e. The summed E-state index contributed by atoms with van der Waals surface area (Å²) in [6.45, 7) is 0. The maximum Gasteiger partial charge on any atom is 0.269 e. The van der Waals surface area contributed by atoms with E-state index in [1.807, 2.05) is 12.1 Å². The van der Waals surface area contributed by atoms with Crippen molar-refractivity contribution in [2.45, 2.75) is 43.8 Å². The standard InChI is InChI=1S/C21H23NO5/c1-25-17-11-12-18(26-2)20-19(17)15-5-3-4-6-16(15)27-21(20)13-7-9-14(10-8-13)22(23)24/h7-12,15-16,21H,3-6H2,1-2H3. The lowest BCUT2D eigenvalue weighted by molar-refractivity contribution is -0.384. The Kier molecular flexibility index (Phi) is 4.74. The first-order valence-electron chi connectivity index (χ1n) is 9.28. The van der Waals surface area contributed by atoms with Crippen LogP contribution in [0.2, 0.25) is 0 Å². The summed E-state index contributed by atoms with van der Waals surface area (Å²) in [5.41, 5.74) is 3.10. The van der Waals surface area contributed by atoms with Crippen molar-refractivity contribution in [3.63, 3.8) is 0 Å². The van der Waals surface area contributed by atoms with E-state index in [9.17, 15) is 10.1 Å². The minimum Gasteiger partial charge on any atom is -0.496 e. The van der Waals surface area contributed by atoms with Gasteiger partial charge in [0.2, 0.25) is 0 Å². The highest BCUT2D eigenvalue weighted by molar-refractivity contribution is 5.56. The van der Waals surface area contributed by atoms with E-state index >= 15 is 0 Å².